The van der Waals surface area contributed by atoms with E-state index in [0.717, 1.165) is 23.1 Å². The maximum Gasteiger partial charge on any atom is 0.244 e. The molecule has 1 aliphatic carbocycles. The molecular weight excluding hydrogens is 351 g/mol. The predicted molar refractivity (Wildman–Crippen MR) is 109 cm³/mol. The van der Waals surface area contributed by atoms with Crippen LogP contribution < -0.4 is 5.43 Å². The number of rotatable bonds is 5. The number of nitrogens with zero attached hydrogens (tertiary/aromatic N) is 1. The monoisotopic (exact) mass is 372 g/mol. The van der Waals surface area contributed by atoms with E-state index in [-0.39, 0.29) is 23.1 Å². The zero-order chi connectivity index (χ0) is 19.6. The third-order valence-corrected chi connectivity index (χ3v) is 5.45. The summed E-state index contributed by atoms with van der Waals surface area (Å²) >= 11 is 0. The number of halogens is 1. The standard InChI is InChI=1S/C24H21FN2O/c1-17(18-12-14-21(25)15-13-18)26-27-23(28)22-16-24(22,19-8-4-2-5-9-19)20-10-6-3-7-11-20/h2-15,22H,16H2,1H3,(H,27,28). The van der Waals surface area contributed by atoms with Gasteiger partial charge in [0.2, 0.25) is 5.91 Å². The minimum Gasteiger partial charge on any atom is -0.273 e. The second kappa shape index (κ2) is 7.39. The summed E-state index contributed by atoms with van der Waals surface area (Å²) in [5.74, 6) is -0.578. The lowest BCUT2D eigenvalue weighted by molar-refractivity contribution is -0.122. The Morgan fingerprint density at radius 2 is 1.46 bits per heavy atom. The van der Waals surface area contributed by atoms with Crippen molar-refractivity contribution in [1.29, 1.82) is 0 Å². The van der Waals surface area contributed by atoms with Crippen LogP contribution in [0.15, 0.2) is 90.0 Å². The molecule has 0 radical (unpaired) electrons. The van der Waals surface area contributed by atoms with Crippen LogP contribution in [0.2, 0.25) is 0 Å². The summed E-state index contributed by atoms with van der Waals surface area (Å²) in [6.45, 7) is 1.79. The Morgan fingerprint density at radius 1 is 0.929 bits per heavy atom. The zero-order valence-electron chi connectivity index (χ0n) is 15.6. The predicted octanol–water partition coefficient (Wildman–Crippen LogP) is 4.67. The molecule has 0 aliphatic heterocycles. The van der Waals surface area contributed by atoms with Crippen LogP contribution in [0.25, 0.3) is 0 Å². The van der Waals surface area contributed by atoms with Crippen molar-refractivity contribution < 1.29 is 9.18 Å². The third kappa shape index (κ3) is 3.33. The normalized spacial score (nSPS) is 17.8. The molecule has 140 valence electrons. The Labute approximate surface area is 163 Å². The topological polar surface area (TPSA) is 41.5 Å². The summed E-state index contributed by atoms with van der Waals surface area (Å²) in [6.07, 6.45) is 0.748. The average molecular weight is 372 g/mol. The minimum atomic E-state index is -0.314. The summed E-state index contributed by atoms with van der Waals surface area (Å²) in [4.78, 5) is 12.9. The molecule has 3 aromatic carbocycles. The first kappa shape index (κ1) is 18.1. The Hall–Kier alpha value is -3.27. The highest BCUT2D eigenvalue weighted by Crippen LogP contribution is 2.58. The van der Waals surface area contributed by atoms with E-state index in [9.17, 15) is 9.18 Å². The second-order valence-corrected chi connectivity index (χ2v) is 7.14. The van der Waals surface area contributed by atoms with Crippen LogP contribution in [0.5, 0.6) is 0 Å². The molecule has 1 saturated carbocycles. The molecule has 4 rings (SSSR count). The molecule has 4 heteroatoms. The molecule has 0 aromatic heterocycles. The van der Waals surface area contributed by atoms with E-state index in [0.29, 0.717) is 5.71 Å². The first-order valence-electron chi connectivity index (χ1n) is 9.32. The number of nitrogens with one attached hydrogen (secondary N) is 1. The van der Waals surface area contributed by atoms with E-state index in [1.165, 1.54) is 12.1 Å². The molecule has 0 heterocycles. The van der Waals surface area contributed by atoms with E-state index in [1.807, 2.05) is 36.4 Å². The number of carbonyl (C=O) groups excluding carboxylic acids is 1. The Balaban J connectivity index is 1.56. The van der Waals surface area contributed by atoms with Gasteiger partial charge in [0.1, 0.15) is 5.82 Å². The largest absolute Gasteiger partial charge is 0.273 e. The van der Waals surface area contributed by atoms with Gasteiger partial charge in [0.15, 0.2) is 0 Å². The van der Waals surface area contributed by atoms with Gasteiger partial charge in [0.25, 0.3) is 0 Å². The van der Waals surface area contributed by atoms with Gasteiger partial charge in [-0.2, -0.15) is 5.10 Å². The first-order chi connectivity index (χ1) is 13.6. The van der Waals surface area contributed by atoms with Gasteiger partial charge < -0.3 is 0 Å². The highest BCUT2D eigenvalue weighted by Gasteiger charge is 2.60. The maximum atomic E-state index is 13.1. The Bertz CT molecular complexity index is 958. The molecule has 3 nitrogen and oxygen atoms in total. The van der Waals surface area contributed by atoms with Crippen LogP contribution in [0.1, 0.15) is 30.0 Å². The van der Waals surface area contributed by atoms with Crippen LogP contribution in [0.4, 0.5) is 4.39 Å². The summed E-state index contributed by atoms with van der Waals surface area (Å²) in [5, 5.41) is 4.23. The van der Waals surface area contributed by atoms with Crippen molar-refractivity contribution in [2.24, 2.45) is 11.0 Å². The van der Waals surface area contributed by atoms with Crippen LogP contribution in [0, 0.1) is 11.7 Å². The second-order valence-electron chi connectivity index (χ2n) is 7.14. The minimum absolute atomic E-state index is 0.103. The molecular formula is C24H21FN2O. The van der Waals surface area contributed by atoms with E-state index in [1.54, 1.807) is 19.1 Å². The smallest absolute Gasteiger partial charge is 0.244 e. The lowest BCUT2D eigenvalue weighted by Crippen LogP contribution is -2.26. The first-order valence-corrected chi connectivity index (χ1v) is 9.32. The van der Waals surface area contributed by atoms with Gasteiger partial charge in [0, 0.05) is 5.41 Å². The van der Waals surface area contributed by atoms with Crippen molar-refractivity contribution in [3.63, 3.8) is 0 Å². The Morgan fingerprint density at radius 3 is 2.00 bits per heavy atom. The highest BCUT2D eigenvalue weighted by molar-refractivity contribution is 5.99. The molecule has 0 saturated heterocycles. The van der Waals surface area contributed by atoms with Crippen LogP contribution in [0.3, 0.4) is 0 Å². The molecule has 1 fully saturated rings. The van der Waals surface area contributed by atoms with Crippen molar-refractivity contribution in [1.82, 2.24) is 5.43 Å². The van der Waals surface area contributed by atoms with Gasteiger partial charge in [-0.15, -0.1) is 0 Å². The van der Waals surface area contributed by atoms with Crippen LogP contribution in [-0.2, 0) is 10.2 Å². The van der Waals surface area contributed by atoms with E-state index in [2.05, 4.69) is 34.8 Å². The summed E-state index contributed by atoms with van der Waals surface area (Å²) in [6, 6.07) is 26.3. The molecule has 0 spiro atoms. The molecule has 1 atom stereocenters. The number of amides is 1. The van der Waals surface area contributed by atoms with E-state index in [4.69, 9.17) is 0 Å². The fourth-order valence-electron chi connectivity index (χ4n) is 3.83. The zero-order valence-corrected chi connectivity index (χ0v) is 15.6. The molecule has 3 aromatic rings. The molecule has 28 heavy (non-hydrogen) atoms. The van der Waals surface area contributed by atoms with Gasteiger partial charge in [0.05, 0.1) is 11.6 Å². The average Bonchev–Trinajstić information content (AvgIpc) is 3.51. The van der Waals surface area contributed by atoms with E-state index < -0.39 is 0 Å². The number of hydrogen-bond donors (Lipinski definition) is 1. The van der Waals surface area contributed by atoms with Crippen molar-refractivity contribution >= 4 is 11.6 Å². The van der Waals surface area contributed by atoms with Gasteiger partial charge in [-0.05, 0) is 42.2 Å². The number of carbonyl (C=O) groups is 1. The molecule has 1 amide bonds. The Kier molecular flexibility index (Phi) is 4.78. The number of hydrazone groups is 1. The lowest BCUT2D eigenvalue weighted by Gasteiger charge is -2.18. The fourth-order valence-corrected chi connectivity index (χ4v) is 3.83. The number of benzene rings is 3. The summed E-state index contributed by atoms with van der Waals surface area (Å²) < 4.78 is 13.1. The van der Waals surface area contributed by atoms with Gasteiger partial charge >= 0.3 is 0 Å². The molecule has 1 aliphatic rings. The molecule has 0 bridgehead atoms. The van der Waals surface area contributed by atoms with Crippen molar-refractivity contribution in [2.45, 2.75) is 18.8 Å². The van der Waals surface area contributed by atoms with Crippen LogP contribution >= 0.6 is 0 Å². The fraction of sp³-hybridized carbons (Fsp3) is 0.167. The van der Waals surface area contributed by atoms with Gasteiger partial charge in [-0.1, -0.05) is 72.8 Å². The van der Waals surface area contributed by atoms with Crippen molar-refractivity contribution in [3.8, 4) is 0 Å². The van der Waals surface area contributed by atoms with Crippen molar-refractivity contribution in [3.05, 3.63) is 107 Å². The maximum absolute atomic E-state index is 13.1. The lowest BCUT2D eigenvalue weighted by atomic mass is 9.85. The molecule has 1 N–H and O–H groups in total. The highest BCUT2D eigenvalue weighted by atomic mass is 19.1. The molecule has 1 unspecified atom stereocenters. The SMILES string of the molecule is CC(=NNC(=O)C1CC1(c1ccccc1)c1ccccc1)c1ccc(F)cc1. The third-order valence-electron chi connectivity index (χ3n) is 5.45. The van der Waals surface area contributed by atoms with Gasteiger partial charge in [-0.3, -0.25) is 4.79 Å². The quantitative estimate of drug-likeness (QED) is 0.513. The number of hydrogen-bond acceptors (Lipinski definition) is 2. The van der Waals surface area contributed by atoms with E-state index >= 15 is 0 Å². The summed E-state index contributed by atoms with van der Waals surface area (Å²) in [5.41, 5.74) is 6.08. The summed E-state index contributed by atoms with van der Waals surface area (Å²) in [7, 11) is 0. The van der Waals surface area contributed by atoms with Gasteiger partial charge in [-0.25, -0.2) is 9.82 Å². The van der Waals surface area contributed by atoms with Crippen LogP contribution in [-0.4, -0.2) is 11.6 Å². The van der Waals surface area contributed by atoms with Crippen molar-refractivity contribution in [2.75, 3.05) is 0 Å².